The van der Waals surface area contributed by atoms with E-state index in [1.165, 1.54) is 18.2 Å². The summed E-state index contributed by atoms with van der Waals surface area (Å²) in [6.45, 7) is 0.712. The lowest BCUT2D eigenvalue weighted by molar-refractivity contribution is -0.0498. The molecule has 2 amide bonds. The predicted octanol–water partition coefficient (Wildman–Crippen LogP) is 2.34. The molecule has 1 aromatic carbocycles. The summed E-state index contributed by atoms with van der Waals surface area (Å²) in [6, 6.07) is 3.81. The Labute approximate surface area is 125 Å². The smallest absolute Gasteiger partial charge is 0.387 e. The second-order valence-electron chi connectivity index (χ2n) is 4.50. The van der Waals surface area contributed by atoms with Gasteiger partial charge in [0, 0.05) is 5.69 Å². The van der Waals surface area contributed by atoms with Crippen molar-refractivity contribution >= 4 is 11.7 Å². The van der Waals surface area contributed by atoms with Crippen LogP contribution in [0.15, 0.2) is 18.2 Å². The Bertz CT molecular complexity index is 660. The van der Waals surface area contributed by atoms with E-state index in [1.54, 1.807) is 13.8 Å². The number of carbonyl (C=O) groups is 1. The van der Waals surface area contributed by atoms with Crippen molar-refractivity contribution in [3.05, 3.63) is 35.4 Å². The van der Waals surface area contributed by atoms with E-state index < -0.39 is 12.6 Å². The maximum atomic E-state index is 12.1. The first-order valence-electron chi connectivity index (χ1n) is 6.42. The minimum Gasteiger partial charge on any atom is -0.435 e. The van der Waals surface area contributed by atoms with Crippen molar-refractivity contribution in [1.82, 2.24) is 20.5 Å². The topological polar surface area (TPSA) is 91.9 Å². The summed E-state index contributed by atoms with van der Waals surface area (Å²) in [5, 5.41) is 11.7. The van der Waals surface area contributed by atoms with Gasteiger partial charge in [0.1, 0.15) is 11.6 Å². The van der Waals surface area contributed by atoms with Crippen molar-refractivity contribution in [1.29, 1.82) is 0 Å². The molecule has 0 atom stereocenters. The summed E-state index contributed by atoms with van der Waals surface area (Å²) in [5.41, 5.74) is 1.09. The van der Waals surface area contributed by atoms with Crippen molar-refractivity contribution in [3.63, 3.8) is 0 Å². The molecule has 118 valence electrons. The molecule has 0 aliphatic rings. The Balaban J connectivity index is 1.90. The number of carbonyl (C=O) groups excluding carboxylic acids is 1. The van der Waals surface area contributed by atoms with Crippen molar-refractivity contribution in [2.75, 3.05) is 5.32 Å². The third-order valence-corrected chi connectivity index (χ3v) is 2.72. The minimum absolute atomic E-state index is 0.0367. The van der Waals surface area contributed by atoms with Crippen LogP contribution >= 0.6 is 0 Å². The van der Waals surface area contributed by atoms with E-state index in [4.69, 9.17) is 0 Å². The fourth-order valence-corrected chi connectivity index (χ4v) is 1.75. The summed E-state index contributed by atoms with van der Waals surface area (Å²) < 4.78 is 28.5. The lowest BCUT2D eigenvalue weighted by atomic mass is 10.2. The Morgan fingerprint density at radius 3 is 2.77 bits per heavy atom. The van der Waals surface area contributed by atoms with E-state index in [-0.39, 0.29) is 12.3 Å². The van der Waals surface area contributed by atoms with Gasteiger partial charge in [0.05, 0.1) is 6.54 Å². The third-order valence-electron chi connectivity index (χ3n) is 2.72. The van der Waals surface area contributed by atoms with Crippen LogP contribution < -0.4 is 15.4 Å². The highest BCUT2D eigenvalue weighted by Gasteiger charge is 2.09. The molecule has 22 heavy (non-hydrogen) atoms. The molecule has 0 radical (unpaired) electrons. The number of rotatable bonds is 5. The monoisotopic (exact) mass is 311 g/mol. The van der Waals surface area contributed by atoms with E-state index in [0.717, 1.165) is 0 Å². The standard InChI is InChI=1S/C13H15F2N5O2/c1-7-5-9(22-12(14)15)3-4-10(7)18-13(21)16-6-11-17-8(2)19-20-11/h3-5,12H,6H2,1-2H3,(H2,16,18,21)(H,17,19,20). The van der Waals surface area contributed by atoms with Crippen LogP contribution in [0.25, 0.3) is 0 Å². The first-order chi connectivity index (χ1) is 10.4. The second kappa shape index (κ2) is 6.83. The van der Waals surface area contributed by atoms with Crippen molar-refractivity contribution in [2.45, 2.75) is 27.0 Å². The van der Waals surface area contributed by atoms with Crippen LogP contribution in [0.5, 0.6) is 5.75 Å². The lowest BCUT2D eigenvalue weighted by Crippen LogP contribution is -2.28. The quantitative estimate of drug-likeness (QED) is 0.790. The maximum Gasteiger partial charge on any atom is 0.387 e. The van der Waals surface area contributed by atoms with Crippen LogP contribution in [0.1, 0.15) is 17.2 Å². The molecule has 0 bridgehead atoms. The van der Waals surface area contributed by atoms with Crippen molar-refractivity contribution < 1.29 is 18.3 Å². The summed E-state index contributed by atoms with van der Waals surface area (Å²) in [5.74, 6) is 1.15. The first kappa shape index (κ1) is 15.7. The molecule has 1 heterocycles. The zero-order valence-corrected chi connectivity index (χ0v) is 12.0. The largest absolute Gasteiger partial charge is 0.435 e. The lowest BCUT2D eigenvalue weighted by Gasteiger charge is -2.11. The number of hydrogen-bond acceptors (Lipinski definition) is 4. The van der Waals surface area contributed by atoms with Crippen LogP contribution in [0.3, 0.4) is 0 Å². The van der Waals surface area contributed by atoms with Gasteiger partial charge in [0.15, 0.2) is 5.82 Å². The van der Waals surface area contributed by atoms with Gasteiger partial charge in [-0.05, 0) is 37.6 Å². The minimum atomic E-state index is -2.88. The molecule has 0 aliphatic carbocycles. The number of anilines is 1. The van der Waals surface area contributed by atoms with Crippen LogP contribution in [-0.2, 0) is 6.54 Å². The van der Waals surface area contributed by atoms with E-state index in [9.17, 15) is 13.6 Å². The van der Waals surface area contributed by atoms with Gasteiger partial charge in [-0.3, -0.25) is 5.10 Å². The number of urea groups is 1. The second-order valence-corrected chi connectivity index (χ2v) is 4.50. The van der Waals surface area contributed by atoms with Gasteiger partial charge in [-0.1, -0.05) is 0 Å². The number of H-pyrrole nitrogens is 1. The fraction of sp³-hybridized carbons (Fsp3) is 0.308. The number of benzene rings is 1. The van der Waals surface area contributed by atoms with Crippen LogP contribution in [0.2, 0.25) is 0 Å². The molecule has 0 unspecified atom stereocenters. The summed E-state index contributed by atoms with van der Waals surface area (Å²) in [4.78, 5) is 15.8. The number of nitrogens with zero attached hydrogens (tertiary/aromatic N) is 2. The third kappa shape index (κ3) is 4.40. The molecule has 7 nitrogen and oxygen atoms in total. The van der Waals surface area contributed by atoms with Crippen LogP contribution in [0.4, 0.5) is 19.3 Å². The predicted molar refractivity (Wildman–Crippen MR) is 74.8 cm³/mol. The number of aryl methyl sites for hydroxylation is 2. The SMILES string of the molecule is Cc1nc(CNC(=O)Nc2ccc(OC(F)F)cc2C)n[nH]1. The van der Waals surface area contributed by atoms with E-state index in [2.05, 4.69) is 30.6 Å². The van der Waals surface area contributed by atoms with E-state index >= 15 is 0 Å². The van der Waals surface area contributed by atoms with Gasteiger partial charge in [-0.2, -0.15) is 13.9 Å². The Morgan fingerprint density at radius 2 is 2.18 bits per heavy atom. The molecule has 2 rings (SSSR count). The van der Waals surface area contributed by atoms with Crippen molar-refractivity contribution in [2.24, 2.45) is 0 Å². The fourth-order valence-electron chi connectivity index (χ4n) is 1.75. The molecule has 0 fully saturated rings. The number of halogens is 2. The highest BCUT2D eigenvalue weighted by molar-refractivity contribution is 5.90. The maximum absolute atomic E-state index is 12.1. The normalized spacial score (nSPS) is 10.6. The number of nitrogens with one attached hydrogen (secondary N) is 3. The molecule has 0 saturated carbocycles. The Morgan fingerprint density at radius 1 is 1.41 bits per heavy atom. The zero-order valence-electron chi connectivity index (χ0n) is 12.0. The van der Waals surface area contributed by atoms with Crippen LogP contribution in [0, 0.1) is 13.8 Å². The molecule has 0 spiro atoms. The van der Waals surface area contributed by atoms with Gasteiger partial charge in [-0.15, -0.1) is 0 Å². The highest BCUT2D eigenvalue weighted by atomic mass is 19.3. The average molecular weight is 311 g/mol. The Hall–Kier alpha value is -2.71. The summed E-state index contributed by atoms with van der Waals surface area (Å²) in [6.07, 6.45) is 0. The molecule has 2 aromatic rings. The molecular formula is C13H15F2N5O2. The van der Waals surface area contributed by atoms with Gasteiger partial charge in [-0.25, -0.2) is 9.78 Å². The molecule has 9 heteroatoms. The number of ether oxygens (including phenoxy) is 1. The number of aromatic nitrogens is 3. The average Bonchev–Trinajstić information content (AvgIpc) is 2.85. The number of aromatic amines is 1. The van der Waals surface area contributed by atoms with E-state index in [1.807, 2.05) is 0 Å². The van der Waals surface area contributed by atoms with Crippen LogP contribution in [-0.4, -0.2) is 27.8 Å². The van der Waals surface area contributed by atoms with Crippen molar-refractivity contribution in [3.8, 4) is 5.75 Å². The summed E-state index contributed by atoms with van der Waals surface area (Å²) >= 11 is 0. The first-order valence-corrected chi connectivity index (χ1v) is 6.42. The van der Waals surface area contributed by atoms with Gasteiger partial charge in [0.2, 0.25) is 0 Å². The zero-order chi connectivity index (χ0) is 16.1. The molecule has 1 aromatic heterocycles. The summed E-state index contributed by atoms with van der Waals surface area (Å²) in [7, 11) is 0. The highest BCUT2D eigenvalue weighted by Crippen LogP contribution is 2.22. The molecule has 0 aliphatic heterocycles. The van der Waals surface area contributed by atoms with Gasteiger partial charge >= 0.3 is 12.6 Å². The van der Waals surface area contributed by atoms with E-state index in [0.29, 0.717) is 22.9 Å². The number of amides is 2. The molecule has 0 saturated heterocycles. The van der Waals surface area contributed by atoms with Gasteiger partial charge < -0.3 is 15.4 Å². The Kier molecular flexibility index (Phi) is 4.87. The van der Waals surface area contributed by atoms with Gasteiger partial charge in [0.25, 0.3) is 0 Å². The number of alkyl halides is 2. The molecular weight excluding hydrogens is 296 g/mol. The molecule has 3 N–H and O–H groups in total. The number of hydrogen-bond donors (Lipinski definition) is 3.